The second kappa shape index (κ2) is 6.41. The van der Waals surface area contributed by atoms with Crippen molar-refractivity contribution in [2.45, 2.75) is 46.1 Å². The summed E-state index contributed by atoms with van der Waals surface area (Å²) in [5.41, 5.74) is 1.29. The molecule has 0 aromatic rings. The van der Waals surface area contributed by atoms with Crippen LogP contribution < -0.4 is 5.32 Å². The average molecular weight is 155 g/mol. The fourth-order valence-electron chi connectivity index (χ4n) is 1.27. The molecule has 1 aliphatic heterocycles. The first kappa shape index (κ1) is 10.7. The van der Waals surface area contributed by atoms with Gasteiger partial charge in [0.15, 0.2) is 0 Å². The minimum atomic E-state index is 0.610. The number of piperidine rings is 1. The lowest BCUT2D eigenvalue weighted by atomic mass is 10.00. The van der Waals surface area contributed by atoms with Gasteiger partial charge in [0.1, 0.15) is 0 Å². The molecule has 0 bridgehead atoms. The predicted octanol–water partition coefficient (Wildman–Crippen LogP) is 2.73. The molecule has 0 aromatic heterocycles. The van der Waals surface area contributed by atoms with Crippen LogP contribution in [0.5, 0.6) is 0 Å². The van der Waals surface area contributed by atoms with Gasteiger partial charge >= 0.3 is 0 Å². The molecular formula is C10H21N. The van der Waals surface area contributed by atoms with Crippen LogP contribution in [0.25, 0.3) is 0 Å². The standard InChI is InChI=1S/C8H15N.C2H6/c1-7(2)8-5-3-4-6-9-8;1-2/h8-9H,1,3-6H2,2H3;1-2H3. The summed E-state index contributed by atoms with van der Waals surface area (Å²) >= 11 is 0. The van der Waals surface area contributed by atoms with Gasteiger partial charge in [-0.1, -0.05) is 32.4 Å². The molecule has 1 unspecified atom stereocenters. The largest absolute Gasteiger partial charge is 0.310 e. The highest BCUT2D eigenvalue weighted by Gasteiger charge is 2.11. The van der Waals surface area contributed by atoms with Gasteiger partial charge in [-0.05, 0) is 26.3 Å². The molecule has 66 valence electrons. The molecule has 1 heterocycles. The third-order valence-corrected chi connectivity index (χ3v) is 1.91. The summed E-state index contributed by atoms with van der Waals surface area (Å²) in [6.45, 7) is 11.2. The van der Waals surface area contributed by atoms with Crippen LogP contribution in [0.3, 0.4) is 0 Å². The van der Waals surface area contributed by atoms with E-state index in [0.29, 0.717) is 6.04 Å². The lowest BCUT2D eigenvalue weighted by Crippen LogP contribution is -2.34. The van der Waals surface area contributed by atoms with E-state index in [1.807, 2.05) is 13.8 Å². The van der Waals surface area contributed by atoms with Gasteiger partial charge in [0.2, 0.25) is 0 Å². The van der Waals surface area contributed by atoms with E-state index >= 15 is 0 Å². The normalized spacial score (nSPS) is 23.4. The van der Waals surface area contributed by atoms with Crippen molar-refractivity contribution in [1.29, 1.82) is 0 Å². The summed E-state index contributed by atoms with van der Waals surface area (Å²) < 4.78 is 0. The average Bonchev–Trinajstić information content (AvgIpc) is 2.10. The second-order valence-electron chi connectivity index (χ2n) is 2.85. The molecule has 1 nitrogen and oxygen atoms in total. The molecule has 0 spiro atoms. The molecule has 11 heavy (non-hydrogen) atoms. The van der Waals surface area contributed by atoms with Crippen LogP contribution in [0, 0.1) is 0 Å². The summed E-state index contributed by atoms with van der Waals surface area (Å²) in [5, 5.41) is 3.42. The Balaban J connectivity index is 0.000000461. The minimum Gasteiger partial charge on any atom is -0.310 e. The topological polar surface area (TPSA) is 12.0 Å². The summed E-state index contributed by atoms with van der Waals surface area (Å²) in [6.07, 6.45) is 3.99. The highest BCUT2D eigenvalue weighted by atomic mass is 14.9. The maximum absolute atomic E-state index is 3.92. The summed E-state index contributed by atoms with van der Waals surface area (Å²) in [6, 6.07) is 0.610. The van der Waals surface area contributed by atoms with Crippen molar-refractivity contribution in [2.24, 2.45) is 0 Å². The number of rotatable bonds is 1. The summed E-state index contributed by atoms with van der Waals surface area (Å²) in [4.78, 5) is 0. The highest BCUT2D eigenvalue weighted by molar-refractivity contribution is 5.02. The fraction of sp³-hybridized carbons (Fsp3) is 0.800. The Labute approximate surface area is 70.9 Å². The third-order valence-electron chi connectivity index (χ3n) is 1.91. The SMILES string of the molecule is C=C(C)C1CCCCN1.CC. The van der Waals surface area contributed by atoms with Crippen LogP contribution in [-0.2, 0) is 0 Å². The summed E-state index contributed by atoms with van der Waals surface area (Å²) in [7, 11) is 0. The quantitative estimate of drug-likeness (QED) is 0.574. The van der Waals surface area contributed by atoms with Gasteiger partial charge in [0, 0.05) is 6.04 Å². The van der Waals surface area contributed by atoms with Crippen molar-refractivity contribution in [3.05, 3.63) is 12.2 Å². The second-order valence-corrected chi connectivity index (χ2v) is 2.85. The van der Waals surface area contributed by atoms with Gasteiger partial charge < -0.3 is 5.32 Å². The lowest BCUT2D eigenvalue weighted by Gasteiger charge is -2.23. The molecule has 0 radical (unpaired) electrons. The molecule has 1 N–H and O–H groups in total. The van der Waals surface area contributed by atoms with Crippen molar-refractivity contribution >= 4 is 0 Å². The molecule has 0 aliphatic carbocycles. The van der Waals surface area contributed by atoms with Gasteiger partial charge in [0.25, 0.3) is 0 Å². The van der Waals surface area contributed by atoms with E-state index in [0.717, 1.165) is 0 Å². The Morgan fingerprint density at radius 2 is 2.00 bits per heavy atom. The molecule has 0 aromatic carbocycles. The fourth-order valence-corrected chi connectivity index (χ4v) is 1.27. The van der Waals surface area contributed by atoms with E-state index in [-0.39, 0.29) is 0 Å². The first-order valence-electron chi connectivity index (χ1n) is 4.69. The minimum absolute atomic E-state index is 0.610. The van der Waals surface area contributed by atoms with E-state index in [1.54, 1.807) is 0 Å². The van der Waals surface area contributed by atoms with Crippen molar-refractivity contribution in [1.82, 2.24) is 5.32 Å². The van der Waals surface area contributed by atoms with Crippen LogP contribution in [0.2, 0.25) is 0 Å². The van der Waals surface area contributed by atoms with E-state index in [4.69, 9.17) is 0 Å². The molecule has 0 saturated carbocycles. The third kappa shape index (κ3) is 4.20. The van der Waals surface area contributed by atoms with Crippen molar-refractivity contribution < 1.29 is 0 Å². The monoisotopic (exact) mass is 155 g/mol. The van der Waals surface area contributed by atoms with Crippen LogP contribution in [0.4, 0.5) is 0 Å². The maximum Gasteiger partial charge on any atom is 0.0274 e. The molecule has 1 aliphatic rings. The van der Waals surface area contributed by atoms with Crippen molar-refractivity contribution in [3.8, 4) is 0 Å². The Morgan fingerprint density at radius 3 is 2.27 bits per heavy atom. The zero-order valence-electron chi connectivity index (χ0n) is 8.11. The smallest absolute Gasteiger partial charge is 0.0274 e. The van der Waals surface area contributed by atoms with E-state index in [9.17, 15) is 0 Å². The van der Waals surface area contributed by atoms with Crippen LogP contribution in [0.15, 0.2) is 12.2 Å². The highest BCUT2D eigenvalue weighted by Crippen LogP contribution is 2.11. The molecular weight excluding hydrogens is 134 g/mol. The lowest BCUT2D eigenvalue weighted by molar-refractivity contribution is 0.440. The zero-order chi connectivity index (χ0) is 8.69. The van der Waals surface area contributed by atoms with Gasteiger partial charge in [-0.25, -0.2) is 0 Å². The van der Waals surface area contributed by atoms with Gasteiger partial charge in [0.05, 0.1) is 0 Å². The van der Waals surface area contributed by atoms with Crippen molar-refractivity contribution in [2.75, 3.05) is 6.54 Å². The molecule has 1 heteroatoms. The first-order chi connectivity index (χ1) is 5.30. The molecule has 0 amide bonds. The molecule has 1 fully saturated rings. The van der Waals surface area contributed by atoms with E-state index in [2.05, 4.69) is 18.8 Å². The summed E-state index contributed by atoms with van der Waals surface area (Å²) in [5.74, 6) is 0. The first-order valence-corrected chi connectivity index (χ1v) is 4.69. The molecule has 1 saturated heterocycles. The Hall–Kier alpha value is -0.300. The van der Waals surface area contributed by atoms with Gasteiger partial charge in [-0.3, -0.25) is 0 Å². The van der Waals surface area contributed by atoms with Crippen LogP contribution in [0.1, 0.15) is 40.0 Å². The maximum atomic E-state index is 3.92. The van der Waals surface area contributed by atoms with Gasteiger partial charge in [-0.2, -0.15) is 0 Å². The van der Waals surface area contributed by atoms with Crippen LogP contribution >= 0.6 is 0 Å². The molecule has 1 rings (SSSR count). The Kier molecular flexibility index (Phi) is 6.24. The molecule has 1 atom stereocenters. The number of hydrogen-bond acceptors (Lipinski definition) is 1. The number of nitrogens with one attached hydrogen (secondary N) is 1. The number of hydrogen-bond donors (Lipinski definition) is 1. The van der Waals surface area contributed by atoms with E-state index in [1.165, 1.54) is 31.4 Å². The van der Waals surface area contributed by atoms with E-state index < -0.39 is 0 Å². The predicted molar refractivity (Wildman–Crippen MR) is 51.8 cm³/mol. The van der Waals surface area contributed by atoms with Crippen LogP contribution in [-0.4, -0.2) is 12.6 Å². The van der Waals surface area contributed by atoms with Gasteiger partial charge in [-0.15, -0.1) is 0 Å². The Morgan fingerprint density at radius 1 is 1.36 bits per heavy atom. The zero-order valence-corrected chi connectivity index (χ0v) is 8.11. The Bertz CT molecular complexity index is 101. The van der Waals surface area contributed by atoms with Crippen molar-refractivity contribution in [3.63, 3.8) is 0 Å².